The Bertz CT molecular complexity index is 993. The topological polar surface area (TPSA) is 105 Å². The maximum Gasteiger partial charge on any atom is 0.322 e. The highest BCUT2D eigenvalue weighted by Gasteiger charge is 2.32. The minimum Gasteiger partial charge on any atom is -0.408 e. The van der Waals surface area contributed by atoms with Crippen LogP contribution in [-0.2, 0) is 14.8 Å². The van der Waals surface area contributed by atoms with Gasteiger partial charge >= 0.3 is 6.01 Å². The van der Waals surface area contributed by atoms with E-state index in [-0.39, 0.29) is 28.7 Å². The molecule has 0 unspecified atom stereocenters. The van der Waals surface area contributed by atoms with E-state index in [1.165, 1.54) is 10.7 Å². The number of thioether (sulfide) groups is 1. The van der Waals surface area contributed by atoms with Gasteiger partial charge in [-0.2, -0.15) is 4.31 Å². The first-order chi connectivity index (χ1) is 15.0. The number of carbonyl (C=O) groups excluding carboxylic acids is 1. The first-order valence-corrected chi connectivity index (χ1v) is 13.4. The summed E-state index contributed by atoms with van der Waals surface area (Å²) in [6, 6.07) is 7.03. The van der Waals surface area contributed by atoms with Gasteiger partial charge in [-0.05, 0) is 56.2 Å². The molecular formula is C21H28N4O4S2. The van der Waals surface area contributed by atoms with E-state index in [1.807, 2.05) is 18.4 Å². The lowest BCUT2D eigenvalue weighted by molar-refractivity contribution is -0.121. The quantitative estimate of drug-likeness (QED) is 0.647. The molecule has 0 spiro atoms. The molecule has 2 aromatic rings. The molecule has 1 amide bonds. The number of rotatable bonds is 6. The average molecular weight is 465 g/mol. The Balaban J connectivity index is 1.32. The van der Waals surface area contributed by atoms with Crippen molar-refractivity contribution in [3.05, 3.63) is 30.2 Å². The van der Waals surface area contributed by atoms with Gasteiger partial charge < -0.3 is 4.42 Å². The summed E-state index contributed by atoms with van der Waals surface area (Å²) in [7, 11) is -3.55. The molecule has 1 aromatic heterocycles. The van der Waals surface area contributed by atoms with Gasteiger partial charge in [0.25, 0.3) is 0 Å². The molecule has 1 aliphatic heterocycles. The second kappa shape index (κ2) is 9.70. The zero-order chi connectivity index (χ0) is 21.8. The molecule has 2 heterocycles. The Morgan fingerprint density at radius 1 is 1.06 bits per heavy atom. The maximum absolute atomic E-state index is 12.9. The molecule has 8 nitrogen and oxygen atoms in total. The molecule has 1 saturated heterocycles. The fourth-order valence-electron chi connectivity index (χ4n) is 4.26. The van der Waals surface area contributed by atoms with E-state index in [9.17, 15) is 13.2 Å². The van der Waals surface area contributed by atoms with Gasteiger partial charge in [0, 0.05) is 29.8 Å². The van der Waals surface area contributed by atoms with Gasteiger partial charge in [-0.1, -0.05) is 24.4 Å². The number of sulfonamides is 1. The van der Waals surface area contributed by atoms with E-state index >= 15 is 0 Å². The first-order valence-electron chi connectivity index (χ1n) is 10.8. The summed E-state index contributed by atoms with van der Waals surface area (Å²) in [4.78, 5) is 13.9. The Morgan fingerprint density at radius 3 is 2.39 bits per heavy atom. The maximum atomic E-state index is 12.9. The number of carbonyl (C=O) groups is 1. The van der Waals surface area contributed by atoms with Crippen LogP contribution in [-0.4, -0.2) is 48.2 Å². The molecule has 31 heavy (non-hydrogen) atoms. The predicted octanol–water partition coefficient (Wildman–Crippen LogP) is 3.88. The van der Waals surface area contributed by atoms with Gasteiger partial charge in [-0.15, -0.1) is 16.9 Å². The summed E-state index contributed by atoms with van der Waals surface area (Å²) >= 11 is 1.57. The monoisotopic (exact) mass is 464 g/mol. The lowest BCUT2D eigenvalue weighted by Gasteiger charge is -2.30. The molecule has 1 aliphatic carbocycles. The van der Waals surface area contributed by atoms with Crippen LogP contribution in [0.4, 0.5) is 6.01 Å². The summed E-state index contributed by atoms with van der Waals surface area (Å²) in [6.45, 7) is 0.615. The number of amides is 1. The van der Waals surface area contributed by atoms with Crippen molar-refractivity contribution in [3.8, 4) is 0 Å². The van der Waals surface area contributed by atoms with Crippen LogP contribution in [0.5, 0.6) is 0 Å². The number of benzene rings is 1. The van der Waals surface area contributed by atoms with Crippen molar-refractivity contribution in [1.29, 1.82) is 0 Å². The van der Waals surface area contributed by atoms with Crippen LogP contribution in [0.15, 0.2) is 38.5 Å². The van der Waals surface area contributed by atoms with Crippen LogP contribution in [0.25, 0.3) is 0 Å². The Kier molecular flexibility index (Phi) is 6.98. The van der Waals surface area contributed by atoms with Gasteiger partial charge in [0.15, 0.2) is 0 Å². The van der Waals surface area contributed by atoms with E-state index in [1.54, 1.807) is 23.9 Å². The molecule has 1 N–H and O–H groups in total. The Labute approximate surface area is 187 Å². The lowest BCUT2D eigenvalue weighted by atomic mass is 9.89. The van der Waals surface area contributed by atoms with Crippen LogP contribution < -0.4 is 5.32 Å². The molecule has 168 valence electrons. The molecule has 0 atom stereocenters. The summed E-state index contributed by atoms with van der Waals surface area (Å²) in [5.41, 5.74) is 0. The smallest absolute Gasteiger partial charge is 0.322 e. The van der Waals surface area contributed by atoms with Gasteiger partial charge in [0.1, 0.15) is 0 Å². The van der Waals surface area contributed by atoms with E-state index in [0.717, 1.165) is 30.6 Å². The molecule has 0 bridgehead atoms. The Morgan fingerprint density at radius 2 is 1.74 bits per heavy atom. The van der Waals surface area contributed by atoms with Crippen molar-refractivity contribution in [3.63, 3.8) is 0 Å². The molecule has 1 saturated carbocycles. The highest BCUT2D eigenvalue weighted by molar-refractivity contribution is 7.98. The van der Waals surface area contributed by atoms with Crippen molar-refractivity contribution < 1.29 is 17.6 Å². The SMILES string of the molecule is CSc1ccc(S(=O)(=O)N2CCC(C(=O)Nc3nnc(C4CCCCC4)o3)CC2)cc1. The number of hydrogen-bond donors (Lipinski definition) is 1. The highest BCUT2D eigenvalue weighted by Crippen LogP contribution is 2.32. The number of nitrogens with zero attached hydrogens (tertiary/aromatic N) is 3. The largest absolute Gasteiger partial charge is 0.408 e. The van der Waals surface area contributed by atoms with Crippen molar-refractivity contribution in [1.82, 2.24) is 14.5 Å². The molecule has 2 fully saturated rings. The van der Waals surface area contributed by atoms with Crippen molar-refractivity contribution in [2.75, 3.05) is 24.7 Å². The van der Waals surface area contributed by atoms with Crippen LogP contribution in [0.3, 0.4) is 0 Å². The van der Waals surface area contributed by atoms with E-state index in [2.05, 4.69) is 15.5 Å². The van der Waals surface area contributed by atoms with Crippen LogP contribution in [0.1, 0.15) is 56.8 Å². The van der Waals surface area contributed by atoms with E-state index < -0.39 is 10.0 Å². The second-order valence-electron chi connectivity index (χ2n) is 8.12. The minimum absolute atomic E-state index is 0.134. The number of piperidine rings is 1. The molecule has 0 radical (unpaired) electrons. The van der Waals surface area contributed by atoms with Crippen LogP contribution in [0.2, 0.25) is 0 Å². The molecule has 4 rings (SSSR count). The number of nitrogens with one attached hydrogen (secondary N) is 1. The minimum atomic E-state index is -3.55. The molecule has 10 heteroatoms. The lowest BCUT2D eigenvalue weighted by Crippen LogP contribution is -2.41. The predicted molar refractivity (Wildman–Crippen MR) is 118 cm³/mol. The summed E-state index contributed by atoms with van der Waals surface area (Å²) < 4.78 is 32.9. The number of hydrogen-bond acceptors (Lipinski definition) is 7. The normalized spacial score (nSPS) is 19.4. The molecular weight excluding hydrogens is 436 g/mol. The third-order valence-corrected chi connectivity index (χ3v) is 8.80. The second-order valence-corrected chi connectivity index (χ2v) is 10.9. The van der Waals surface area contributed by atoms with Gasteiger partial charge in [-0.3, -0.25) is 10.1 Å². The highest BCUT2D eigenvalue weighted by atomic mass is 32.2. The third kappa shape index (κ3) is 5.12. The number of aromatic nitrogens is 2. The third-order valence-electron chi connectivity index (χ3n) is 6.15. The first kappa shape index (κ1) is 22.3. The molecule has 2 aliphatic rings. The van der Waals surface area contributed by atoms with Crippen molar-refractivity contribution in [2.24, 2.45) is 5.92 Å². The van der Waals surface area contributed by atoms with Crippen molar-refractivity contribution >= 4 is 33.7 Å². The van der Waals surface area contributed by atoms with Gasteiger partial charge in [0.2, 0.25) is 21.8 Å². The van der Waals surface area contributed by atoms with Gasteiger partial charge in [0.05, 0.1) is 4.90 Å². The summed E-state index contributed by atoms with van der Waals surface area (Å²) in [5, 5.41) is 10.8. The summed E-state index contributed by atoms with van der Waals surface area (Å²) in [6.07, 6.45) is 8.52. The zero-order valence-electron chi connectivity index (χ0n) is 17.6. The summed E-state index contributed by atoms with van der Waals surface area (Å²) in [5.74, 6) is 0.407. The fourth-order valence-corrected chi connectivity index (χ4v) is 6.14. The van der Waals surface area contributed by atoms with Crippen LogP contribution in [0, 0.1) is 5.92 Å². The average Bonchev–Trinajstić information content (AvgIpc) is 3.28. The Hall–Kier alpha value is -1.91. The number of anilines is 1. The standard InChI is InChI=1S/C21H28N4O4S2/c1-30-17-7-9-18(10-8-17)31(27,28)25-13-11-15(12-14-25)19(26)22-21-24-23-20(29-21)16-5-3-2-4-6-16/h7-10,15-16H,2-6,11-14H2,1H3,(H,22,24,26). The van der Waals surface area contributed by atoms with E-state index in [0.29, 0.717) is 31.8 Å². The van der Waals surface area contributed by atoms with Gasteiger partial charge in [-0.25, -0.2) is 8.42 Å². The zero-order valence-corrected chi connectivity index (χ0v) is 19.3. The van der Waals surface area contributed by atoms with E-state index in [4.69, 9.17) is 4.42 Å². The molecule has 1 aromatic carbocycles. The fraction of sp³-hybridized carbons (Fsp3) is 0.571. The van der Waals surface area contributed by atoms with Crippen molar-refractivity contribution in [2.45, 2.75) is 60.7 Å². The van der Waals surface area contributed by atoms with Crippen LogP contribution >= 0.6 is 11.8 Å².